The third-order valence-electron chi connectivity index (χ3n) is 4.78. The van der Waals surface area contributed by atoms with E-state index in [9.17, 15) is 14.7 Å². The van der Waals surface area contributed by atoms with Crippen LogP contribution in [0.1, 0.15) is 52.4 Å². The molecule has 0 aromatic rings. The Morgan fingerprint density at radius 1 is 1.19 bits per heavy atom. The molecule has 2 unspecified atom stereocenters. The second-order valence-corrected chi connectivity index (χ2v) is 6.86. The second-order valence-electron chi connectivity index (χ2n) is 6.86. The lowest BCUT2D eigenvalue weighted by Gasteiger charge is -2.31. The summed E-state index contributed by atoms with van der Waals surface area (Å²) in [5.41, 5.74) is 0. The zero-order chi connectivity index (χ0) is 15.4. The Labute approximate surface area is 127 Å². The van der Waals surface area contributed by atoms with E-state index in [1.54, 1.807) is 0 Å². The van der Waals surface area contributed by atoms with E-state index in [-0.39, 0.29) is 23.9 Å². The minimum atomic E-state index is -0.715. The van der Waals surface area contributed by atoms with Gasteiger partial charge in [-0.3, -0.25) is 4.79 Å². The number of carboxylic acids is 1. The van der Waals surface area contributed by atoms with E-state index in [1.807, 2.05) is 18.7 Å². The number of aliphatic carboxylic acids is 1. The van der Waals surface area contributed by atoms with Crippen LogP contribution in [0.3, 0.4) is 0 Å². The van der Waals surface area contributed by atoms with E-state index < -0.39 is 5.97 Å². The molecular weight excluding hydrogens is 268 g/mol. The Bertz CT molecular complexity index is 380. The Hall–Kier alpha value is -1.26. The lowest BCUT2D eigenvalue weighted by molar-refractivity contribution is -0.144. The lowest BCUT2D eigenvalue weighted by atomic mass is 9.79. The molecule has 2 fully saturated rings. The standard InChI is InChI=1S/C16H28N2O3/c1-11(2)18(10-12-7-8-12)16(21)17-9-13-5-3-4-6-14(13)15(19)20/h11-14H,3-10H2,1-2H3,(H,17,21)(H,19,20). The van der Waals surface area contributed by atoms with Crippen LogP contribution in [0.25, 0.3) is 0 Å². The van der Waals surface area contributed by atoms with Gasteiger partial charge >= 0.3 is 12.0 Å². The summed E-state index contributed by atoms with van der Waals surface area (Å²) in [5, 5.41) is 12.3. The van der Waals surface area contributed by atoms with Crippen molar-refractivity contribution < 1.29 is 14.7 Å². The summed E-state index contributed by atoms with van der Waals surface area (Å²) in [7, 11) is 0. The maximum absolute atomic E-state index is 12.3. The maximum Gasteiger partial charge on any atom is 0.317 e. The molecule has 0 radical (unpaired) electrons. The van der Waals surface area contributed by atoms with Gasteiger partial charge in [-0.05, 0) is 51.4 Å². The number of hydrogen-bond donors (Lipinski definition) is 2. The first-order chi connectivity index (χ1) is 9.99. The molecule has 0 aromatic heterocycles. The predicted octanol–water partition coefficient (Wildman–Crippen LogP) is 2.71. The highest BCUT2D eigenvalue weighted by molar-refractivity contribution is 5.75. The molecular formula is C16H28N2O3. The number of carboxylic acid groups (broad SMARTS) is 1. The summed E-state index contributed by atoms with van der Waals surface area (Å²) in [4.78, 5) is 25.5. The van der Waals surface area contributed by atoms with Crippen LogP contribution in [0.4, 0.5) is 4.79 Å². The quantitative estimate of drug-likeness (QED) is 0.791. The molecule has 2 saturated carbocycles. The Balaban J connectivity index is 1.84. The van der Waals surface area contributed by atoms with E-state index in [4.69, 9.17) is 0 Å². The monoisotopic (exact) mass is 296 g/mol. The molecule has 120 valence electrons. The molecule has 2 N–H and O–H groups in total. The van der Waals surface area contributed by atoms with Crippen molar-refractivity contribution in [3.8, 4) is 0 Å². The van der Waals surface area contributed by atoms with Crippen molar-refractivity contribution in [3.63, 3.8) is 0 Å². The molecule has 0 heterocycles. The molecule has 2 atom stereocenters. The van der Waals surface area contributed by atoms with Crippen LogP contribution >= 0.6 is 0 Å². The molecule has 2 aliphatic carbocycles. The normalized spacial score (nSPS) is 25.7. The third kappa shape index (κ3) is 4.61. The van der Waals surface area contributed by atoms with Crippen molar-refractivity contribution in [2.24, 2.45) is 17.8 Å². The minimum absolute atomic E-state index is 0.0355. The van der Waals surface area contributed by atoms with Gasteiger partial charge < -0.3 is 15.3 Å². The number of urea groups is 1. The van der Waals surface area contributed by atoms with Gasteiger partial charge in [0.15, 0.2) is 0 Å². The van der Waals surface area contributed by atoms with Crippen LogP contribution in [-0.2, 0) is 4.79 Å². The van der Waals surface area contributed by atoms with Gasteiger partial charge in [-0.25, -0.2) is 4.79 Å². The molecule has 5 heteroatoms. The van der Waals surface area contributed by atoms with Gasteiger partial charge in [0.05, 0.1) is 5.92 Å². The van der Waals surface area contributed by atoms with Crippen molar-refractivity contribution in [2.45, 2.75) is 58.4 Å². The smallest absolute Gasteiger partial charge is 0.317 e. The van der Waals surface area contributed by atoms with E-state index in [0.717, 1.165) is 32.2 Å². The number of nitrogens with zero attached hydrogens (tertiary/aromatic N) is 1. The van der Waals surface area contributed by atoms with Gasteiger partial charge in [0.25, 0.3) is 0 Å². The van der Waals surface area contributed by atoms with Crippen molar-refractivity contribution in [1.82, 2.24) is 10.2 Å². The molecule has 0 saturated heterocycles. The van der Waals surface area contributed by atoms with Crippen LogP contribution < -0.4 is 5.32 Å². The fourth-order valence-corrected chi connectivity index (χ4v) is 3.20. The van der Waals surface area contributed by atoms with Crippen molar-refractivity contribution in [3.05, 3.63) is 0 Å². The summed E-state index contributed by atoms with van der Waals surface area (Å²) < 4.78 is 0. The Morgan fingerprint density at radius 2 is 1.86 bits per heavy atom. The average molecular weight is 296 g/mol. The first kappa shape index (κ1) is 16.1. The number of hydrogen-bond acceptors (Lipinski definition) is 2. The van der Waals surface area contributed by atoms with Gasteiger partial charge in [0, 0.05) is 19.1 Å². The van der Waals surface area contributed by atoms with E-state index in [2.05, 4.69) is 5.32 Å². The molecule has 0 spiro atoms. The molecule has 0 aromatic carbocycles. The number of carbonyl (C=O) groups excluding carboxylic acids is 1. The Kier molecular flexibility index (Phi) is 5.48. The van der Waals surface area contributed by atoms with Crippen LogP contribution in [0.15, 0.2) is 0 Å². The zero-order valence-electron chi connectivity index (χ0n) is 13.2. The summed E-state index contributed by atoms with van der Waals surface area (Å²) in [5.74, 6) is -0.266. The molecule has 0 bridgehead atoms. The number of amides is 2. The Morgan fingerprint density at radius 3 is 2.43 bits per heavy atom. The highest BCUT2D eigenvalue weighted by Crippen LogP contribution is 2.31. The van der Waals surface area contributed by atoms with Gasteiger partial charge in [-0.1, -0.05) is 12.8 Å². The van der Waals surface area contributed by atoms with E-state index in [1.165, 1.54) is 12.8 Å². The van der Waals surface area contributed by atoms with Gasteiger partial charge in [0.1, 0.15) is 0 Å². The molecule has 2 amide bonds. The van der Waals surface area contributed by atoms with Crippen LogP contribution in [0, 0.1) is 17.8 Å². The molecule has 0 aliphatic heterocycles. The fraction of sp³-hybridized carbons (Fsp3) is 0.875. The van der Waals surface area contributed by atoms with E-state index in [0.29, 0.717) is 12.5 Å². The SMILES string of the molecule is CC(C)N(CC1CC1)C(=O)NCC1CCCCC1C(=O)O. The van der Waals surface area contributed by atoms with Crippen LogP contribution in [0.2, 0.25) is 0 Å². The maximum atomic E-state index is 12.3. The van der Waals surface area contributed by atoms with Gasteiger partial charge in [-0.15, -0.1) is 0 Å². The van der Waals surface area contributed by atoms with Crippen molar-refractivity contribution in [1.29, 1.82) is 0 Å². The highest BCUT2D eigenvalue weighted by atomic mass is 16.4. The molecule has 21 heavy (non-hydrogen) atoms. The van der Waals surface area contributed by atoms with Gasteiger partial charge in [-0.2, -0.15) is 0 Å². The van der Waals surface area contributed by atoms with Gasteiger partial charge in [0.2, 0.25) is 0 Å². The summed E-state index contributed by atoms with van der Waals surface area (Å²) >= 11 is 0. The topological polar surface area (TPSA) is 69.6 Å². The lowest BCUT2D eigenvalue weighted by Crippen LogP contribution is -2.47. The zero-order valence-corrected chi connectivity index (χ0v) is 13.2. The third-order valence-corrected chi connectivity index (χ3v) is 4.78. The summed E-state index contributed by atoms with van der Waals surface area (Å²) in [6.45, 7) is 5.38. The predicted molar refractivity (Wildman–Crippen MR) is 81.0 cm³/mol. The summed E-state index contributed by atoms with van der Waals surface area (Å²) in [6.07, 6.45) is 6.15. The molecule has 2 aliphatic rings. The molecule has 2 rings (SSSR count). The first-order valence-corrected chi connectivity index (χ1v) is 8.26. The number of rotatable bonds is 6. The number of carbonyl (C=O) groups is 2. The van der Waals surface area contributed by atoms with Crippen molar-refractivity contribution >= 4 is 12.0 Å². The fourth-order valence-electron chi connectivity index (χ4n) is 3.20. The highest BCUT2D eigenvalue weighted by Gasteiger charge is 2.32. The van der Waals surface area contributed by atoms with E-state index >= 15 is 0 Å². The first-order valence-electron chi connectivity index (χ1n) is 8.26. The molecule has 5 nitrogen and oxygen atoms in total. The van der Waals surface area contributed by atoms with Crippen LogP contribution in [-0.4, -0.2) is 41.1 Å². The number of nitrogens with one attached hydrogen (secondary N) is 1. The average Bonchev–Trinajstić information content (AvgIpc) is 3.26. The van der Waals surface area contributed by atoms with Crippen molar-refractivity contribution in [2.75, 3.05) is 13.1 Å². The largest absolute Gasteiger partial charge is 0.481 e. The summed E-state index contributed by atoms with van der Waals surface area (Å²) in [6, 6.07) is 0.152. The second kappa shape index (κ2) is 7.14. The minimum Gasteiger partial charge on any atom is -0.481 e. The van der Waals surface area contributed by atoms with Crippen LogP contribution in [0.5, 0.6) is 0 Å².